The van der Waals surface area contributed by atoms with Crippen LogP contribution in [0.25, 0.3) is 0 Å². The molecule has 0 radical (unpaired) electrons. The maximum Gasteiger partial charge on any atom is 0.249 e. The van der Waals surface area contributed by atoms with E-state index in [9.17, 15) is 4.79 Å². The summed E-state index contributed by atoms with van der Waals surface area (Å²) in [5.41, 5.74) is 5.55. The lowest BCUT2D eigenvalue weighted by atomic mass is 9.82. The first kappa shape index (κ1) is 14.5. The summed E-state index contributed by atoms with van der Waals surface area (Å²) >= 11 is 0. The van der Waals surface area contributed by atoms with Gasteiger partial charge in [0.25, 0.3) is 0 Å². The van der Waals surface area contributed by atoms with Gasteiger partial charge < -0.3 is 15.8 Å². The highest BCUT2D eigenvalue weighted by Crippen LogP contribution is 2.29. The Morgan fingerprint density at radius 3 is 2.65 bits per heavy atom. The van der Waals surface area contributed by atoms with Crippen LogP contribution in [0.2, 0.25) is 0 Å². The van der Waals surface area contributed by atoms with Gasteiger partial charge in [0.2, 0.25) is 5.91 Å². The zero-order valence-electron chi connectivity index (χ0n) is 11.2. The zero-order chi connectivity index (χ0) is 12.8. The normalized spacial score (nSPS) is 27.1. The Balaban J connectivity index is 2.19. The Bertz CT molecular complexity index is 240. The van der Waals surface area contributed by atoms with Crippen LogP contribution in [0.4, 0.5) is 0 Å². The molecule has 4 heteroatoms. The molecule has 2 atom stereocenters. The number of ether oxygens (including phenoxy) is 1. The third-order valence-corrected chi connectivity index (χ3v) is 3.40. The van der Waals surface area contributed by atoms with Crippen molar-refractivity contribution in [1.82, 2.24) is 5.32 Å². The van der Waals surface area contributed by atoms with Gasteiger partial charge in [0.15, 0.2) is 0 Å². The molecule has 3 N–H and O–H groups in total. The van der Waals surface area contributed by atoms with Crippen molar-refractivity contribution >= 4 is 5.91 Å². The molecule has 1 rings (SSSR count). The van der Waals surface area contributed by atoms with Gasteiger partial charge in [0.1, 0.15) is 6.10 Å². The van der Waals surface area contributed by atoms with E-state index in [1.54, 1.807) is 0 Å². The van der Waals surface area contributed by atoms with Gasteiger partial charge in [-0.1, -0.05) is 13.3 Å². The van der Waals surface area contributed by atoms with Crippen LogP contribution in [0, 0.1) is 5.92 Å². The average Bonchev–Trinajstić information content (AvgIpc) is 2.22. The van der Waals surface area contributed by atoms with Crippen LogP contribution >= 0.6 is 0 Å². The minimum atomic E-state index is -0.349. The molecule has 1 aliphatic carbocycles. The SMILES string of the molecule is CCCC(C)NC(=O)C(C)OC1CC(CN)C1. The molecule has 1 amide bonds. The van der Waals surface area contributed by atoms with Crippen molar-refractivity contribution in [3.8, 4) is 0 Å². The summed E-state index contributed by atoms with van der Waals surface area (Å²) in [6.45, 7) is 6.70. The lowest BCUT2D eigenvalue weighted by Gasteiger charge is -2.35. The third kappa shape index (κ3) is 4.64. The van der Waals surface area contributed by atoms with Gasteiger partial charge in [-0.05, 0) is 45.6 Å². The lowest BCUT2D eigenvalue weighted by molar-refractivity contribution is -0.141. The van der Waals surface area contributed by atoms with E-state index in [1.807, 2.05) is 13.8 Å². The van der Waals surface area contributed by atoms with E-state index in [0.717, 1.165) is 32.2 Å². The van der Waals surface area contributed by atoms with Crippen LogP contribution in [-0.4, -0.2) is 30.7 Å². The second-order valence-electron chi connectivity index (χ2n) is 5.17. The van der Waals surface area contributed by atoms with E-state index in [0.29, 0.717) is 5.92 Å². The van der Waals surface area contributed by atoms with Gasteiger partial charge >= 0.3 is 0 Å². The largest absolute Gasteiger partial charge is 0.365 e. The molecule has 2 unspecified atom stereocenters. The highest BCUT2D eigenvalue weighted by atomic mass is 16.5. The Hall–Kier alpha value is -0.610. The van der Waals surface area contributed by atoms with Crippen molar-refractivity contribution in [2.75, 3.05) is 6.54 Å². The predicted octanol–water partition coefficient (Wildman–Crippen LogP) is 1.43. The van der Waals surface area contributed by atoms with Crippen molar-refractivity contribution in [3.05, 3.63) is 0 Å². The van der Waals surface area contributed by atoms with E-state index < -0.39 is 0 Å². The third-order valence-electron chi connectivity index (χ3n) is 3.40. The molecular formula is C13H26N2O2. The van der Waals surface area contributed by atoms with E-state index in [-0.39, 0.29) is 24.2 Å². The predicted molar refractivity (Wildman–Crippen MR) is 68.6 cm³/mol. The molecule has 1 saturated carbocycles. The molecule has 0 aliphatic heterocycles. The number of rotatable bonds is 7. The molecule has 0 saturated heterocycles. The number of amides is 1. The number of nitrogens with two attached hydrogens (primary N) is 1. The van der Waals surface area contributed by atoms with Gasteiger partial charge in [-0.3, -0.25) is 4.79 Å². The molecule has 1 fully saturated rings. The Morgan fingerprint density at radius 1 is 1.47 bits per heavy atom. The molecule has 4 nitrogen and oxygen atoms in total. The van der Waals surface area contributed by atoms with Crippen LogP contribution in [-0.2, 0) is 9.53 Å². The average molecular weight is 242 g/mol. The van der Waals surface area contributed by atoms with Gasteiger partial charge in [0, 0.05) is 6.04 Å². The van der Waals surface area contributed by atoms with Crippen LogP contribution in [0.15, 0.2) is 0 Å². The smallest absolute Gasteiger partial charge is 0.249 e. The lowest BCUT2D eigenvalue weighted by Crippen LogP contribution is -2.44. The highest BCUT2D eigenvalue weighted by Gasteiger charge is 2.31. The summed E-state index contributed by atoms with van der Waals surface area (Å²) < 4.78 is 5.69. The van der Waals surface area contributed by atoms with Gasteiger partial charge in [-0.25, -0.2) is 0 Å². The molecule has 0 aromatic rings. The topological polar surface area (TPSA) is 64.3 Å². The summed E-state index contributed by atoms with van der Waals surface area (Å²) in [7, 11) is 0. The van der Waals surface area contributed by atoms with Crippen LogP contribution in [0.3, 0.4) is 0 Å². The summed E-state index contributed by atoms with van der Waals surface area (Å²) in [6.07, 6.45) is 3.97. The van der Waals surface area contributed by atoms with Crippen molar-refractivity contribution < 1.29 is 9.53 Å². The molecule has 0 aromatic carbocycles. The van der Waals surface area contributed by atoms with Crippen LogP contribution < -0.4 is 11.1 Å². The number of carbonyl (C=O) groups excluding carboxylic acids is 1. The molecular weight excluding hydrogens is 216 g/mol. The summed E-state index contributed by atoms with van der Waals surface area (Å²) in [6, 6.07) is 0.233. The van der Waals surface area contributed by atoms with Crippen molar-refractivity contribution in [2.45, 2.75) is 64.7 Å². The monoisotopic (exact) mass is 242 g/mol. The quantitative estimate of drug-likeness (QED) is 0.710. The molecule has 1 aliphatic rings. The van der Waals surface area contributed by atoms with Crippen molar-refractivity contribution in [2.24, 2.45) is 11.7 Å². The minimum absolute atomic E-state index is 0.00199. The maximum absolute atomic E-state index is 11.8. The molecule has 0 spiro atoms. The first-order chi connectivity index (χ1) is 8.06. The van der Waals surface area contributed by atoms with Gasteiger partial charge in [-0.2, -0.15) is 0 Å². The molecule has 100 valence electrons. The fourth-order valence-corrected chi connectivity index (χ4v) is 2.19. The number of hydrogen-bond donors (Lipinski definition) is 2. The Labute approximate surface area is 104 Å². The summed E-state index contributed by atoms with van der Waals surface area (Å²) in [5.74, 6) is 0.594. The van der Waals surface area contributed by atoms with E-state index in [2.05, 4.69) is 12.2 Å². The first-order valence-electron chi connectivity index (χ1n) is 6.72. The number of carbonyl (C=O) groups is 1. The number of nitrogens with one attached hydrogen (secondary N) is 1. The summed E-state index contributed by atoms with van der Waals surface area (Å²) in [4.78, 5) is 11.8. The zero-order valence-corrected chi connectivity index (χ0v) is 11.2. The summed E-state index contributed by atoms with van der Waals surface area (Å²) in [5, 5.41) is 2.97. The molecule has 0 aromatic heterocycles. The standard InChI is InChI=1S/C13H26N2O2/c1-4-5-9(2)15-13(16)10(3)17-12-6-11(7-12)8-14/h9-12H,4-8,14H2,1-3H3,(H,15,16). The molecule has 0 heterocycles. The highest BCUT2D eigenvalue weighted by molar-refractivity contribution is 5.80. The van der Waals surface area contributed by atoms with E-state index >= 15 is 0 Å². The van der Waals surface area contributed by atoms with E-state index in [4.69, 9.17) is 10.5 Å². The van der Waals surface area contributed by atoms with Gasteiger partial charge in [0.05, 0.1) is 6.10 Å². The molecule has 17 heavy (non-hydrogen) atoms. The van der Waals surface area contributed by atoms with Crippen LogP contribution in [0.1, 0.15) is 46.5 Å². The fraction of sp³-hybridized carbons (Fsp3) is 0.923. The molecule has 0 bridgehead atoms. The first-order valence-corrected chi connectivity index (χ1v) is 6.72. The number of hydrogen-bond acceptors (Lipinski definition) is 3. The minimum Gasteiger partial charge on any atom is -0.365 e. The Kier molecular flexibility index (Phi) is 5.92. The second-order valence-corrected chi connectivity index (χ2v) is 5.17. The van der Waals surface area contributed by atoms with Gasteiger partial charge in [-0.15, -0.1) is 0 Å². The fourth-order valence-electron chi connectivity index (χ4n) is 2.19. The van der Waals surface area contributed by atoms with Crippen LogP contribution in [0.5, 0.6) is 0 Å². The van der Waals surface area contributed by atoms with E-state index in [1.165, 1.54) is 0 Å². The Morgan fingerprint density at radius 2 is 2.12 bits per heavy atom. The van der Waals surface area contributed by atoms with Crippen molar-refractivity contribution in [1.29, 1.82) is 0 Å². The maximum atomic E-state index is 11.8. The van der Waals surface area contributed by atoms with Crippen molar-refractivity contribution in [3.63, 3.8) is 0 Å². The second kappa shape index (κ2) is 6.97.